The smallest absolute Gasteiger partial charge is 0.241 e. The van der Waals surface area contributed by atoms with Crippen molar-refractivity contribution in [2.75, 3.05) is 31.6 Å². The average Bonchev–Trinajstić information content (AvgIpc) is 2.52. The molecule has 0 spiro atoms. The second kappa shape index (κ2) is 7.87. The lowest BCUT2D eigenvalue weighted by Crippen LogP contribution is -2.40. The number of benzene rings is 1. The molecule has 120 valence electrons. The first kappa shape index (κ1) is 16.4. The second-order valence-electron chi connectivity index (χ2n) is 6.16. The molecule has 1 amide bonds. The lowest BCUT2D eigenvalue weighted by molar-refractivity contribution is -0.130. The highest BCUT2D eigenvalue weighted by Crippen LogP contribution is 2.24. The van der Waals surface area contributed by atoms with Crippen LogP contribution in [0.25, 0.3) is 0 Å². The summed E-state index contributed by atoms with van der Waals surface area (Å²) in [4.78, 5) is 14.2. The number of likely N-dealkylation sites (tertiary alicyclic amines) is 1. The van der Waals surface area contributed by atoms with E-state index in [-0.39, 0.29) is 5.91 Å². The van der Waals surface area contributed by atoms with Gasteiger partial charge in [0.2, 0.25) is 5.91 Å². The van der Waals surface area contributed by atoms with E-state index in [9.17, 15) is 4.79 Å². The van der Waals surface area contributed by atoms with E-state index in [1.54, 1.807) is 0 Å². The van der Waals surface area contributed by atoms with Crippen molar-refractivity contribution >= 4 is 11.6 Å². The highest BCUT2D eigenvalue weighted by molar-refractivity contribution is 5.81. The zero-order valence-electron chi connectivity index (χ0n) is 13.6. The predicted octanol–water partition coefficient (Wildman–Crippen LogP) is 3.31. The van der Waals surface area contributed by atoms with Gasteiger partial charge in [0.05, 0.1) is 12.2 Å². The number of carbonyl (C=O) groups is 1. The number of ether oxygens (including phenoxy) is 1. The molecule has 4 heteroatoms. The predicted molar refractivity (Wildman–Crippen MR) is 90.2 cm³/mol. The maximum absolute atomic E-state index is 12.3. The van der Waals surface area contributed by atoms with Gasteiger partial charge >= 0.3 is 0 Å². The number of nitrogens with zero attached hydrogens (tertiary/aromatic N) is 1. The maximum Gasteiger partial charge on any atom is 0.241 e. The number of rotatable bonds is 6. The summed E-state index contributed by atoms with van der Waals surface area (Å²) in [5.41, 5.74) is 1.82. The van der Waals surface area contributed by atoms with Crippen molar-refractivity contribution in [3.63, 3.8) is 0 Å². The minimum absolute atomic E-state index is 0.154. The normalized spacial score (nSPS) is 15.5. The minimum Gasteiger partial charge on any atom is -0.487 e. The maximum atomic E-state index is 12.3. The summed E-state index contributed by atoms with van der Waals surface area (Å²) in [6.45, 7) is 10.5. The Bertz CT molecular complexity index is 520. The summed E-state index contributed by atoms with van der Waals surface area (Å²) in [7, 11) is 0. The van der Waals surface area contributed by atoms with Gasteiger partial charge < -0.3 is 15.0 Å². The number of amides is 1. The molecule has 0 bridgehead atoms. The van der Waals surface area contributed by atoms with E-state index in [2.05, 4.69) is 18.8 Å². The molecule has 0 aliphatic carbocycles. The van der Waals surface area contributed by atoms with Gasteiger partial charge in [-0.2, -0.15) is 0 Å². The van der Waals surface area contributed by atoms with Crippen molar-refractivity contribution in [1.82, 2.24) is 4.90 Å². The number of para-hydroxylation sites is 2. The minimum atomic E-state index is 0.154. The van der Waals surface area contributed by atoms with Crippen LogP contribution in [0.5, 0.6) is 5.75 Å². The number of carbonyl (C=O) groups excluding carboxylic acids is 1. The van der Waals surface area contributed by atoms with Crippen LogP contribution in [0.2, 0.25) is 0 Å². The van der Waals surface area contributed by atoms with E-state index in [0.29, 0.717) is 13.2 Å². The van der Waals surface area contributed by atoms with Crippen LogP contribution in [0.1, 0.15) is 26.7 Å². The summed E-state index contributed by atoms with van der Waals surface area (Å²) >= 11 is 0. The van der Waals surface area contributed by atoms with Gasteiger partial charge in [-0.05, 0) is 43.4 Å². The molecule has 0 saturated carbocycles. The Hall–Kier alpha value is -1.97. The molecule has 0 unspecified atom stereocenters. The van der Waals surface area contributed by atoms with Crippen LogP contribution in [0.15, 0.2) is 36.4 Å². The van der Waals surface area contributed by atoms with Crippen molar-refractivity contribution in [2.45, 2.75) is 26.7 Å². The molecular weight excluding hydrogens is 276 g/mol. The third-order valence-corrected chi connectivity index (χ3v) is 3.93. The van der Waals surface area contributed by atoms with Gasteiger partial charge in [-0.3, -0.25) is 4.79 Å². The van der Waals surface area contributed by atoms with Crippen LogP contribution in [-0.2, 0) is 4.79 Å². The van der Waals surface area contributed by atoms with Gasteiger partial charge in [0.15, 0.2) is 0 Å². The molecule has 1 aliphatic heterocycles. The molecule has 22 heavy (non-hydrogen) atoms. The van der Waals surface area contributed by atoms with Crippen molar-refractivity contribution < 1.29 is 9.53 Å². The SMILES string of the molecule is C=C(C)COc1ccccc1NCC(=O)N1CCC(C)CC1. The monoisotopic (exact) mass is 302 g/mol. The summed E-state index contributed by atoms with van der Waals surface area (Å²) in [5, 5.41) is 3.20. The van der Waals surface area contributed by atoms with Crippen LogP contribution in [0.3, 0.4) is 0 Å². The van der Waals surface area contributed by atoms with Gasteiger partial charge in [-0.15, -0.1) is 0 Å². The van der Waals surface area contributed by atoms with Gasteiger partial charge in [0.25, 0.3) is 0 Å². The van der Waals surface area contributed by atoms with Crippen molar-refractivity contribution in [2.24, 2.45) is 5.92 Å². The van der Waals surface area contributed by atoms with E-state index in [4.69, 9.17) is 4.74 Å². The summed E-state index contributed by atoms with van der Waals surface area (Å²) in [5.74, 6) is 1.64. The van der Waals surface area contributed by atoms with Crippen LogP contribution < -0.4 is 10.1 Å². The second-order valence-corrected chi connectivity index (χ2v) is 6.16. The molecule has 1 N–H and O–H groups in total. The van der Waals surface area contributed by atoms with E-state index in [0.717, 1.165) is 48.9 Å². The van der Waals surface area contributed by atoms with Crippen LogP contribution in [0, 0.1) is 5.92 Å². The Morgan fingerprint density at radius 2 is 2.05 bits per heavy atom. The molecular formula is C18H26N2O2. The third kappa shape index (κ3) is 4.79. The molecule has 0 radical (unpaired) electrons. The zero-order chi connectivity index (χ0) is 15.9. The standard InChI is InChI=1S/C18H26N2O2/c1-14(2)13-22-17-7-5-4-6-16(17)19-12-18(21)20-10-8-15(3)9-11-20/h4-7,15,19H,1,8-13H2,2-3H3. The van der Waals surface area contributed by atoms with E-state index in [1.165, 1.54) is 0 Å². The topological polar surface area (TPSA) is 41.6 Å². The van der Waals surface area contributed by atoms with Crippen LogP contribution in [0.4, 0.5) is 5.69 Å². The van der Waals surface area contributed by atoms with E-state index >= 15 is 0 Å². The van der Waals surface area contributed by atoms with Gasteiger partial charge in [0, 0.05) is 13.1 Å². The van der Waals surface area contributed by atoms with Crippen LogP contribution in [-0.4, -0.2) is 37.0 Å². The number of piperidine rings is 1. The molecule has 2 rings (SSSR count). The lowest BCUT2D eigenvalue weighted by Gasteiger charge is -2.30. The molecule has 1 aliphatic rings. The largest absolute Gasteiger partial charge is 0.487 e. The first-order chi connectivity index (χ1) is 10.6. The highest BCUT2D eigenvalue weighted by Gasteiger charge is 2.20. The van der Waals surface area contributed by atoms with Gasteiger partial charge in [0.1, 0.15) is 12.4 Å². The highest BCUT2D eigenvalue weighted by atomic mass is 16.5. The summed E-state index contributed by atoms with van der Waals surface area (Å²) < 4.78 is 5.70. The summed E-state index contributed by atoms with van der Waals surface area (Å²) in [6, 6.07) is 7.69. The lowest BCUT2D eigenvalue weighted by atomic mass is 9.99. The molecule has 1 heterocycles. The molecule has 0 aromatic heterocycles. The molecule has 1 saturated heterocycles. The van der Waals surface area contributed by atoms with Crippen molar-refractivity contribution in [3.8, 4) is 5.75 Å². The fourth-order valence-corrected chi connectivity index (χ4v) is 2.48. The molecule has 4 nitrogen and oxygen atoms in total. The molecule has 0 atom stereocenters. The Labute approximate surface area is 133 Å². The third-order valence-electron chi connectivity index (χ3n) is 3.93. The molecule has 1 aromatic rings. The van der Waals surface area contributed by atoms with Crippen molar-refractivity contribution in [3.05, 3.63) is 36.4 Å². The fourth-order valence-electron chi connectivity index (χ4n) is 2.48. The number of hydrogen-bond donors (Lipinski definition) is 1. The zero-order valence-corrected chi connectivity index (χ0v) is 13.6. The van der Waals surface area contributed by atoms with Crippen molar-refractivity contribution in [1.29, 1.82) is 0 Å². The Morgan fingerprint density at radius 1 is 1.36 bits per heavy atom. The number of hydrogen-bond acceptors (Lipinski definition) is 3. The molecule has 1 aromatic carbocycles. The first-order valence-corrected chi connectivity index (χ1v) is 7.94. The molecule has 1 fully saturated rings. The van der Waals surface area contributed by atoms with Gasteiger partial charge in [-0.25, -0.2) is 0 Å². The number of nitrogens with one attached hydrogen (secondary N) is 1. The summed E-state index contributed by atoms with van der Waals surface area (Å²) in [6.07, 6.45) is 2.20. The van der Waals surface area contributed by atoms with Crippen LogP contribution >= 0.6 is 0 Å². The van der Waals surface area contributed by atoms with Gasteiger partial charge in [-0.1, -0.05) is 25.6 Å². The Kier molecular flexibility index (Phi) is 5.87. The van der Waals surface area contributed by atoms with E-state index < -0.39 is 0 Å². The Balaban J connectivity index is 1.88. The Morgan fingerprint density at radius 3 is 2.73 bits per heavy atom. The average molecular weight is 302 g/mol. The first-order valence-electron chi connectivity index (χ1n) is 7.94. The number of anilines is 1. The quantitative estimate of drug-likeness (QED) is 0.820. The fraction of sp³-hybridized carbons (Fsp3) is 0.500. The van der Waals surface area contributed by atoms with E-state index in [1.807, 2.05) is 36.1 Å².